The third-order valence-electron chi connectivity index (χ3n) is 4.29. The molecule has 3 rings (SSSR count). The average Bonchev–Trinajstić information content (AvgIpc) is 3.10. The van der Waals surface area contributed by atoms with Crippen molar-refractivity contribution in [1.29, 1.82) is 0 Å². The van der Waals surface area contributed by atoms with Crippen LogP contribution >= 0.6 is 0 Å². The van der Waals surface area contributed by atoms with E-state index in [4.69, 9.17) is 5.10 Å². The van der Waals surface area contributed by atoms with Crippen molar-refractivity contribution in [2.45, 2.75) is 58.4 Å². The summed E-state index contributed by atoms with van der Waals surface area (Å²) in [5, 5.41) is 4.83. The zero-order valence-electron chi connectivity index (χ0n) is 15.7. The lowest BCUT2D eigenvalue weighted by atomic mass is 10.1. The molecule has 0 unspecified atom stereocenters. The van der Waals surface area contributed by atoms with Gasteiger partial charge >= 0.3 is 0 Å². The first-order valence-electron chi connectivity index (χ1n) is 8.67. The van der Waals surface area contributed by atoms with E-state index < -0.39 is 8.07 Å². The van der Waals surface area contributed by atoms with Gasteiger partial charge in [-0.2, -0.15) is 5.10 Å². The summed E-state index contributed by atoms with van der Waals surface area (Å²) in [7, 11) is -1.04. The molecule has 5 heteroatoms. The van der Waals surface area contributed by atoms with E-state index >= 15 is 0 Å². The van der Waals surface area contributed by atoms with Crippen molar-refractivity contribution in [3.8, 4) is 5.69 Å². The van der Waals surface area contributed by atoms with Crippen LogP contribution in [0, 0.1) is 0 Å². The van der Waals surface area contributed by atoms with Gasteiger partial charge in [-0.05, 0) is 45.4 Å². The molecular weight excluding hydrogens is 312 g/mol. The van der Waals surface area contributed by atoms with Gasteiger partial charge in [-0.3, -0.25) is 0 Å². The summed E-state index contributed by atoms with van der Waals surface area (Å²) in [6.45, 7) is 13.8. The molecule has 0 amide bonds. The lowest BCUT2D eigenvalue weighted by molar-refractivity contribution is 0.408. The molecule has 2 aromatic heterocycles. The number of hydrogen-bond donors (Lipinski definition) is 0. The molecule has 0 fully saturated rings. The second-order valence-corrected chi connectivity index (χ2v) is 14.4. The molecule has 2 heterocycles. The molecule has 0 bridgehead atoms. The van der Waals surface area contributed by atoms with Crippen LogP contribution < -0.4 is 0 Å². The van der Waals surface area contributed by atoms with Gasteiger partial charge in [-0.25, -0.2) is 9.67 Å². The van der Waals surface area contributed by atoms with Crippen molar-refractivity contribution in [3.05, 3.63) is 42.5 Å². The molecule has 1 aromatic carbocycles. The van der Waals surface area contributed by atoms with E-state index in [0.29, 0.717) is 0 Å². The van der Waals surface area contributed by atoms with Crippen molar-refractivity contribution in [1.82, 2.24) is 19.3 Å². The van der Waals surface area contributed by atoms with Crippen molar-refractivity contribution in [2.75, 3.05) is 0 Å². The quantitative estimate of drug-likeness (QED) is 0.636. The maximum absolute atomic E-state index is 4.83. The number of aromatic nitrogens is 4. The summed E-state index contributed by atoms with van der Waals surface area (Å²) in [6.07, 6.45) is 5.08. The molecule has 0 radical (unpaired) electrons. The summed E-state index contributed by atoms with van der Waals surface area (Å²) in [5.41, 5.74) is 4.42. The minimum Gasteiger partial charge on any atom is -0.323 e. The smallest absolute Gasteiger partial charge is 0.0963 e. The van der Waals surface area contributed by atoms with Gasteiger partial charge in [0.1, 0.15) is 0 Å². The average molecular weight is 341 g/mol. The number of hydrogen-bond acceptors (Lipinski definition) is 2. The van der Waals surface area contributed by atoms with E-state index in [1.54, 1.807) is 0 Å². The number of aryl methyl sites for hydroxylation is 1. The molecule has 0 aliphatic carbocycles. The van der Waals surface area contributed by atoms with Gasteiger partial charge in [0.05, 0.1) is 28.7 Å². The predicted octanol–water partition coefficient (Wildman–Crippen LogP) is 4.86. The third-order valence-corrected chi connectivity index (χ3v) is 6.04. The summed E-state index contributed by atoms with van der Waals surface area (Å²) >= 11 is 0. The molecule has 4 nitrogen and oxygen atoms in total. The van der Waals surface area contributed by atoms with Gasteiger partial charge in [0.15, 0.2) is 0 Å². The number of nitrogens with zero attached hydrogens (tertiary/aromatic N) is 4. The van der Waals surface area contributed by atoms with Crippen LogP contribution in [0.3, 0.4) is 0 Å². The Balaban J connectivity index is 2.01. The number of benzene rings is 1. The van der Waals surface area contributed by atoms with Crippen LogP contribution in [-0.4, -0.2) is 27.4 Å². The molecule has 3 aromatic rings. The van der Waals surface area contributed by atoms with Gasteiger partial charge in [-0.1, -0.05) is 31.8 Å². The van der Waals surface area contributed by atoms with E-state index in [-0.39, 0.29) is 5.54 Å². The minimum atomic E-state index is -1.04. The second-order valence-electron chi connectivity index (χ2n) is 8.74. The molecule has 128 valence electrons. The largest absolute Gasteiger partial charge is 0.323 e. The number of imidazole rings is 1. The molecule has 0 atom stereocenters. The van der Waals surface area contributed by atoms with Crippen LogP contribution in [0.2, 0.25) is 25.7 Å². The summed E-state index contributed by atoms with van der Waals surface area (Å²) in [5.74, 6) is 0. The lowest BCUT2D eigenvalue weighted by Gasteiger charge is -2.22. The molecule has 0 aliphatic heterocycles. The van der Waals surface area contributed by atoms with Crippen molar-refractivity contribution in [3.63, 3.8) is 0 Å². The highest BCUT2D eigenvalue weighted by Crippen LogP contribution is 2.27. The predicted molar refractivity (Wildman–Crippen MR) is 104 cm³/mol. The number of para-hydroxylation sites is 1. The monoisotopic (exact) mass is 340 g/mol. The Morgan fingerprint density at radius 1 is 1.08 bits per heavy atom. The van der Waals surface area contributed by atoms with Gasteiger partial charge in [0, 0.05) is 19.8 Å². The first-order chi connectivity index (χ1) is 11.1. The first kappa shape index (κ1) is 17.0. The highest BCUT2D eigenvalue weighted by atomic mass is 28.3. The Morgan fingerprint density at radius 2 is 1.83 bits per heavy atom. The Labute approximate surface area is 145 Å². The SMILES string of the molecule is CC(C)(C)n1cnc2cccc(-n3ccc(CC[Si](C)(C)C)n3)c21. The number of rotatable bonds is 4. The Bertz CT molecular complexity index is 846. The molecular formula is C19H28N4Si. The molecule has 0 saturated heterocycles. The maximum atomic E-state index is 4.83. The molecule has 0 N–H and O–H groups in total. The highest BCUT2D eigenvalue weighted by Gasteiger charge is 2.19. The van der Waals surface area contributed by atoms with Crippen LogP contribution in [-0.2, 0) is 12.0 Å². The Morgan fingerprint density at radius 3 is 2.50 bits per heavy atom. The first-order valence-corrected chi connectivity index (χ1v) is 12.4. The third kappa shape index (κ3) is 3.46. The van der Waals surface area contributed by atoms with E-state index in [9.17, 15) is 0 Å². The Hall–Kier alpha value is -1.88. The van der Waals surface area contributed by atoms with Crippen molar-refractivity contribution >= 4 is 19.1 Å². The fourth-order valence-corrected chi connectivity index (χ4v) is 3.88. The van der Waals surface area contributed by atoms with Crippen LogP contribution in [0.4, 0.5) is 0 Å². The van der Waals surface area contributed by atoms with E-state index in [2.05, 4.69) is 80.4 Å². The molecule has 0 aliphatic rings. The zero-order valence-corrected chi connectivity index (χ0v) is 16.7. The summed E-state index contributed by atoms with van der Waals surface area (Å²) in [4.78, 5) is 4.57. The Kier molecular flexibility index (Phi) is 4.16. The van der Waals surface area contributed by atoms with Crippen LogP contribution in [0.25, 0.3) is 16.7 Å². The van der Waals surface area contributed by atoms with E-state index in [1.807, 2.05) is 11.0 Å². The van der Waals surface area contributed by atoms with Crippen LogP contribution in [0.1, 0.15) is 26.5 Å². The summed E-state index contributed by atoms with van der Waals surface area (Å²) in [6, 6.07) is 9.67. The van der Waals surface area contributed by atoms with Crippen molar-refractivity contribution in [2.24, 2.45) is 0 Å². The fourth-order valence-electron chi connectivity index (χ4n) is 2.87. The summed E-state index contributed by atoms with van der Waals surface area (Å²) < 4.78 is 4.24. The molecule has 0 spiro atoms. The maximum Gasteiger partial charge on any atom is 0.0963 e. The second kappa shape index (κ2) is 5.88. The van der Waals surface area contributed by atoms with E-state index in [1.165, 1.54) is 11.7 Å². The standard InChI is InChI=1S/C19H28N4Si/c1-19(2,3)22-14-20-16-8-7-9-17(18(16)22)23-12-10-15(21-23)11-13-24(4,5)6/h7-10,12,14H,11,13H2,1-6H3. The van der Waals surface area contributed by atoms with E-state index in [0.717, 1.165) is 23.1 Å². The lowest BCUT2D eigenvalue weighted by Crippen LogP contribution is -2.21. The topological polar surface area (TPSA) is 35.6 Å². The van der Waals surface area contributed by atoms with Gasteiger partial charge in [0.2, 0.25) is 0 Å². The fraction of sp³-hybridized carbons (Fsp3) is 0.474. The van der Waals surface area contributed by atoms with Gasteiger partial charge < -0.3 is 4.57 Å². The normalized spacial score (nSPS) is 12.9. The van der Waals surface area contributed by atoms with Crippen LogP contribution in [0.15, 0.2) is 36.8 Å². The minimum absolute atomic E-state index is 0.0152. The van der Waals surface area contributed by atoms with Gasteiger partial charge in [-0.15, -0.1) is 0 Å². The number of fused-ring (bicyclic) bond motifs is 1. The zero-order chi connectivity index (χ0) is 17.5. The molecule has 0 saturated carbocycles. The van der Waals surface area contributed by atoms with Gasteiger partial charge in [0.25, 0.3) is 0 Å². The van der Waals surface area contributed by atoms with Crippen LogP contribution in [0.5, 0.6) is 0 Å². The molecule has 24 heavy (non-hydrogen) atoms. The highest BCUT2D eigenvalue weighted by molar-refractivity contribution is 6.76. The van der Waals surface area contributed by atoms with Crippen molar-refractivity contribution < 1.29 is 0 Å².